The van der Waals surface area contributed by atoms with Crippen molar-refractivity contribution in [2.75, 3.05) is 13.2 Å². The summed E-state index contributed by atoms with van der Waals surface area (Å²) in [6.07, 6.45) is 0.576. The number of carbonyl (C=O) groups excluding carboxylic acids is 1. The number of hydrogen-bond acceptors (Lipinski definition) is 5. The van der Waals surface area contributed by atoms with Crippen LogP contribution in [-0.2, 0) is 11.3 Å². The highest BCUT2D eigenvalue weighted by molar-refractivity contribution is 5.85. The molecule has 142 valence electrons. The molecule has 2 rings (SSSR count). The second-order valence-electron chi connectivity index (χ2n) is 5.56. The van der Waals surface area contributed by atoms with Gasteiger partial charge in [-0.05, 0) is 25.0 Å². The van der Waals surface area contributed by atoms with Crippen molar-refractivity contribution in [3.8, 4) is 11.5 Å². The minimum absolute atomic E-state index is 0. The molecule has 1 aliphatic rings. The van der Waals surface area contributed by atoms with Crippen LogP contribution in [0.15, 0.2) is 18.2 Å². The van der Waals surface area contributed by atoms with Crippen molar-refractivity contribution in [2.45, 2.75) is 45.1 Å². The fourth-order valence-electron chi connectivity index (χ4n) is 2.42. The summed E-state index contributed by atoms with van der Waals surface area (Å²) < 4.78 is 35.1. The lowest BCUT2D eigenvalue weighted by Crippen LogP contribution is -2.40. The fourth-order valence-corrected chi connectivity index (χ4v) is 2.42. The number of amides is 1. The molecule has 1 aliphatic heterocycles. The molecule has 0 spiro atoms. The third-order valence-electron chi connectivity index (χ3n) is 3.60. The Balaban J connectivity index is 0.00000312. The molecule has 2 unspecified atom stereocenters. The molecule has 0 saturated carbocycles. The summed E-state index contributed by atoms with van der Waals surface area (Å²) in [6.45, 7) is -0.147. The summed E-state index contributed by atoms with van der Waals surface area (Å²) >= 11 is 0. The van der Waals surface area contributed by atoms with E-state index in [2.05, 4.69) is 15.4 Å². The largest absolute Gasteiger partial charge is 0.493 e. The molecule has 1 aromatic carbocycles. The second kappa shape index (κ2) is 10.4. The predicted octanol–water partition coefficient (Wildman–Crippen LogP) is 1.84. The van der Waals surface area contributed by atoms with Crippen LogP contribution in [0.1, 0.15) is 25.3 Å². The van der Waals surface area contributed by atoms with E-state index >= 15 is 0 Å². The number of β-amino-alcohol motifs (C(OH)–C–C–N with tert-alkyl or cyclic N) is 1. The highest BCUT2D eigenvalue weighted by Gasteiger charge is 2.27. The third kappa shape index (κ3) is 6.64. The van der Waals surface area contributed by atoms with Gasteiger partial charge >= 0.3 is 6.61 Å². The van der Waals surface area contributed by atoms with Gasteiger partial charge in [-0.3, -0.25) is 4.79 Å². The molecule has 2 atom stereocenters. The molecular weight excluding hydrogens is 358 g/mol. The van der Waals surface area contributed by atoms with Crippen LogP contribution < -0.4 is 20.1 Å². The zero-order chi connectivity index (χ0) is 17.5. The lowest BCUT2D eigenvalue weighted by molar-refractivity contribution is -0.123. The van der Waals surface area contributed by atoms with Crippen LogP contribution in [0.2, 0.25) is 0 Å². The predicted molar refractivity (Wildman–Crippen MR) is 90.4 cm³/mol. The number of aliphatic hydroxyl groups excluding tert-OH is 1. The molecular formula is C16H23ClF2N2O4. The normalized spacial score (nSPS) is 19.4. The maximum atomic E-state index is 12.6. The lowest BCUT2D eigenvalue weighted by atomic mass is 10.1. The third-order valence-corrected chi connectivity index (χ3v) is 3.60. The summed E-state index contributed by atoms with van der Waals surface area (Å²) in [5.74, 6) is 0.113. The van der Waals surface area contributed by atoms with Gasteiger partial charge in [-0.2, -0.15) is 8.78 Å². The van der Waals surface area contributed by atoms with E-state index in [-0.39, 0.29) is 30.6 Å². The van der Waals surface area contributed by atoms with E-state index in [0.29, 0.717) is 30.9 Å². The molecule has 9 heteroatoms. The minimum Gasteiger partial charge on any atom is -0.493 e. The van der Waals surface area contributed by atoms with E-state index in [1.54, 1.807) is 12.1 Å². The van der Waals surface area contributed by atoms with E-state index in [1.807, 2.05) is 6.92 Å². The van der Waals surface area contributed by atoms with E-state index in [1.165, 1.54) is 6.07 Å². The number of nitrogens with one attached hydrogen (secondary N) is 2. The van der Waals surface area contributed by atoms with Gasteiger partial charge in [-0.1, -0.05) is 6.92 Å². The Morgan fingerprint density at radius 3 is 2.84 bits per heavy atom. The highest BCUT2D eigenvalue weighted by Crippen LogP contribution is 2.26. The number of benzene rings is 1. The molecule has 0 bridgehead atoms. The quantitative estimate of drug-likeness (QED) is 0.641. The Morgan fingerprint density at radius 2 is 2.24 bits per heavy atom. The van der Waals surface area contributed by atoms with Crippen molar-refractivity contribution in [3.05, 3.63) is 23.8 Å². The Hall–Kier alpha value is -1.64. The number of alkyl halides is 2. The van der Waals surface area contributed by atoms with Crippen molar-refractivity contribution in [3.63, 3.8) is 0 Å². The molecule has 0 aromatic heterocycles. The van der Waals surface area contributed by atoms with Crippen molar-refractivity contribution >= 4 is 18.3 Å². The van der Waals surface area contributed by atoms with Gasteiger partial charge in [-0.15, -0.1) is 12.4 Å². The molecule has 1 fully saturated rings. The SMILES string of the molecule is CCCOc1ccc(CNC(=O)C2CC(O)CN2)c(OC(F)F)c1.Cl. The van der Waals surface area contributed by atoms with E-state index in [4.69, 9.17) is 4.74 Å². The zero-order valence-electron chi connectivity index (χ0n) is 13.8. The van der Waals surface area contributed by atoms with E-state index in [0.717, 1.165) is 6.42 Å². The lowest BCUT2D eigenvalue weighted by Gasteiger charge is -2.15. The number of aliphatic hydroxyl groups is 1. The maximum Gasteiger partial charge on any atom is 0.387 e. The van der Waals surface area contributed by atoms with Gasteiger partial charge in [-0.25, -0.2) is 0 Å². The summed E-state index contributed by atoms with van der Waals surface area (Å²) in [4.78, 5) is 12.0. The number of ether oxygens (including phenoxy) is 2. The van der Waals surface area contributed by atoms with Crippen LogP contribution >= 0.6 is 12.4 Å². The Morgan fingerprint density at radius 1 is 1.48 bits per heavy atom. The summed E-state index contributed by atoms with van der Waals surface area (Å²) in [5, 5.41) is 15.0. The fraction of sp³-hybridized carbons (Fsp3) is 0.562. The molecule has 0 radical (unpaired) electrons. The van der Waals surface area contributed by atoms with Gasteiger partial charge in [0.25, 0.3) is 0 Å². The average Bonchev–Trinajstić information content (AvgIpc) is 2.97. The minimum atomic E-state index is -2.97. The summed E-state index contributed by atoms with van der Waals surface area (Å²) in [6, 6.07) is 4.14. The highest BCUT2D eigenvalue weighted by atomic mass is 35.5. The second-order valence-corrected chi connectivity index (χ2v) is 5.56. The van der Waals surface area contributed by atoms with Gasteiger partial charge in [0.1, 0.15) is 11.5 Å². The molecule has 25 heavy (non-hydrogen) atoms. The van der Waals surface area contributed by atoms with Crippen LogP contribution in [0.3, 0.4) is 0 Å². The van der Waals surface area contributed by atoms with Gasteiger partial charge in [0.05, 0.1) is 18.8 Å². The van der Waals surface area contributed by atoms with Crippen LogP contribution in [-0.4, -0.2) is 42.9 Å². The van der Waals surface area contributed by atoms with Gasteiger partial charge in [0.15, 0.2) is 0 Å². The summed E-state index contributed by atoms with van der Waals surface area (Å²) in [5.41, 5.74) is 0.422. The molecule has 1 amide bonds. The topological polar surface area (TPSA) is 79.8 Å². The standard InChI is InChI=1S/C16H22F2N2O4.ClH/c1-2-5-23-12-4-3-10(14(7-12)24-16(17)18)8-20-15(22)13-6-11(21)9-19-13;/h3-4,7,11,13,16,19,21H,2,5-6,8-9H2,1H3,(H,20,22);1H. The zero-order valence-corrected chi connectivity index (χ0v) is 14.7. The smallest absolute Gasteiger partial charge is 0.387 e. The first-order valence-corrected chi connectivity index (χ1v) is 7.89. The summed E-state index contributed by atoms with van der Waals surface area (Å²) in [7, 11) is 0. The van der Waals surface area contributed by atoms with E-state index in [9.17, 15) is 18.7 Å². The van der Waals surface area contributed by atoms with Gasteiger partial charge in [0.2, 0.25) is 5.91 Å². The molecule has 0 aliphatic carbocycles. The van der Waals surface area contributed by atoms with Crippen LogP contribution in [0.5, 0.6) is 11.5 Å². The van der Waals surface area contributed by atoms with Crippen LogP contribution in [0, 0.1) is 0 Å². The first kappa shape index (κ1) is 21.4. The van der Waals surface area contributed by atoms with Crippen molar-refractivity contribution in [1.29, 1.82) is 0 Å². The van der Waals surface area contributed by atoms with Gasteiger partial charge < -0.3 is 25.2 Å². The molecule has 3 N–H and O–H groups in total. The Kier molecular flexibility index (Phi) is 8.88. The first-order valence-electron chi connectivity index (χ1n) is 7.89. The molecule has 1 heterocycles. The van der Waals surface area contributed by atoms with Crippen LogP contribution in [0.4, 0.5) is 8.78 Å². The molecule has 1 saturated heterocycles. The van der Waals surface area contributed by atoms with Gasteiger partial charge in [0, 0.05) is 24.7 Å². The van der Waals surface area contributed by atoms with Crippen molar-refractivity contribution in [2.24, 2.45) is 0 Å². The number of carbonyl (C=O) groups is 1. The Bertz CT molecular complexity index is 563. The number of rotatable bonds is 8. The molecule has 1 aromatic rings. The number of halogens is 3. The van der Waals surface area contributed by atoms with E-state index < -0.39 is 18.8 Å². The first-order chi connectivity index (χ1) is 11.5. The van der Waals surface area contributed by atoms with Crippen LogP contribution in [0.25, 0.3) is 0 Å². The maximum absolute atomic E-state index is 12.6. The Labute approximate surface area is 151 Å². The molecule has 6 nitrogen and oxygen atoms in total. The van der Waals surface area contributed by atoms with Crippen molar-refractivity contribution < 1.29 is 28.2 Å². The number of hydrogen-bond donors (Lipinski definition) is 3. The monoisotopic (exact) mass is 380 g/mol. The average molecular weight is 381 g/mol. The van der Waals surface area contributed by atoms with Crippen molar-refractivity contribution in [1.82, 2.24) is 10.6 Å².